The van der Waals surface area contributed by atoms with Crippen molar-refractivity contribution < 1.29 is 14.1 Å². The van der Waals surface area contributed by atoms with E-state index in [1.54, 1.807) is 4.90 Å². The molecular formula is C12H15ClFN3O3. The average Bonchev–Trinajstić information content (AvgIpc) is 2.37. The lowest BCUT2D eigenvalue weighted by Gasteiger charge is -2.31. The van der Waals surface area contributed by atoms with Crippen molar-refractivity contribution in [3.8, 4) is 0 Å². The molecule has 110 valence electrons. The Hall–Kier alpha value is -1.73. The van der Waals surface area contributed by atoms with Gasteiger partial charge in [-0.2, -0.15) is 0 Å². The van der Waals surface area contributed by atoms with Gasteiger partial charge in [-0.15, -0.1) is 12.4 Å². The highest BCUT2D eigenvalue weighted by Crippen LogP contribution is 2.18. The second kappa shape index (κ2) is 6.62. The number of piperazine rings is 1. The number of nitrogens with one attached hydrogen (secondary N) is 1. The van der Waals surface area contributed by atoms with Crippen molar-refractivity contribution in [1.29, 1.82) is 0 Å². The molecule has 1 aliphatic heterocycles. The van der Waals surface area contributed by atoms with Gasteiger partial charge in [-0.25, -0.2) is 4.39 Å². The molecule has 1 aliphatic rings. The van der Waals surface area contributed by atoms with Crippen molar-refractivity contribution >= 4 is 24.0 Å². The molecule has 1 amide bonds. The van der Waals surface area contributed by atoms with Gasteiger partial charge >= 0.3 is 0 Å². The van der Waals surface area contributed by atoms with Crippen molar-refractivity contribution in [3.05, 3.63) is 39.7 Å². The Bertz CT molecular complexity index is 527. The number of hydrogen-bond acceptors (Lipinski definition) is 4. The maximum atomic E-state index is 13.3. The molecule has 1 aromatic rings. The van der Waals surface area contributed by atoms with E-state index < -0.39 is 16.4 Å². The summed E-state index contributed by atoms with van der Waals surface area (Å²) in [7, 11) is 0. The molecule has 20 heavy (non-hydrogen) atoms. The molecule has 6 nitrogen and oxygen atoms in total. The molecule has 1 fully saturated rings. The summed E-state index contributed by atoms with van der Waals surface area (Å²) in [6, 6.07) is 3.10. The van der Waals surface area contributed by atoms with E-state index >= 15 is 0 Å². The monoisotopic (exact) mass is 303 g/mol. The number of carbonyl (C=O) groups excluding carboxylic acids is 1. The smallest absolute Gasteiger partial charge is 0.273 e. The highest BCUT2D eigenvalue weighted by atomic mass is 35.5. The maximum absolute atomic E-state index is 13.3. The van der Waals surface area contributed by atoms with Crippen LogP contribution < -0.4 is 5.32 Å². The van der Waals surface area contributed by atoms with Crippen LogP contribution in [0.15, 0.2) is 18.2 Å². The Morgan fingerprint density at radius 3 is 2.80 bits per heavy atom. The molecule has 1 aromatic carbocycles. The number of hydrogen-bond donors (Lipinski definition) is 1. The Labute approximate surface area is 121 Å². The van der Waals surface area contributed by atoms with Crippen molar-refractivity contribution in [3.63, 3.8) is 0 Å². The third kappa shape index (κ3) is 3.64. The molecule has 0 bridgehead atoms. The second-order valence-corrected chi connectivity index (χ2v) is 4.56. The lowest BCUT2D eigenvalue weighted by molar-refractivity contribution is -0.385. The van der Waals surface area contributed by atoms with Gasteiger partial charge in [-0.05, 0) is 13.0 Å². The Morgan fingerprint density at radius 1 is 1.50 bits per heavy atom. The first-order valence-electron chi connectivity index (χ1n) is 5.95. The highest BCUT2D eigenvalue weighted by Gasteiger charge is 2.23. The van der Waals surface area contributed by atoms with Crippen LogP contribution in [0.1, 0.15) is 17.3 Å². The van der Waals surface area contributed by atoms with E-state index in [-0.39, 0.29) is 29.9 Å². The van der Waals surface area contributed by atoms with Crippen LogP contribution in [0.3, 0.4) is 0 Å². The van der Waals surface area contributed by atoms with E-state index in [2.05, 4.69) is 5.32 Å². The number of benzene rings is 1. The van der Waals surface area contributed by atoms with E-state index in [1.807, 2.05) is 6.92 Å². The zero-order valence-corrected chi connectivity index (χ0v) is 11.7. The summed E-state index contributed by atoms with van der Waals surface area (Å²) in [4.78, 5) is 23.7. The summed E-state index contributed by atoms with van der Waals surface area (Å²) >= 11 is 0. The minimum atomic E-state index is -0.777. The molecule has 0 unspecified atom stereocenters. The summed E-state index contributed by atoms with van der Waals surface area (Å²) in [6.07, 6.45) is 0. The van der Waals surface area contributed by atoms with Crippen LogP contribution in [0.2, 0.25) is 0 Å². The number of rotatable bonds is 2. The van der Waals surface area contributed by atoms with Crippen molar-refractivity contribution in [2.75, 3.05) is 19.6 Å². The number of amides is 1. The van der Waals surface area contributed by atoms with Crippen LogP contribution in [0, 0.1) is 15.9 Å². The maximum Gasteiger partial charge on any atom is 0.273 e. The minimum absolute atomic E-state index is 0. The van der Waals surface area contributed by atoms with Gasteiger partial charge in [0.15, 0.2) is 0 Å². The van der Waals surface area contributed by atoms with E-state index in [0.717, 1.165) is 18.2 Å². The van der Waals surface area contributed by atoms with Gasteiger partial charge in [0.1, 0.15) is 5.82 Å². The van der Waals surface area contributed by atoms with Crippen molar-refractivity contribution in [2.45, 2.75) is 13.0 Å². The number of non-ortho nitro benzene ring substituents is 1. The predicted octanol–water partition coefficient (Wildman–Crippen LogP) is 1.59. The van der Waals surface area contributed by atoms with Gasteiger partial charge < -0.3 is 10.2 Å². The first-order chi connectivity index (χ1) is 8.97. The van der Waals surface area contributed by atoms with Crippen LogP contribution in [0.25, 0.3) is 0 Å². The molecule has 8 heteroatoms. The average molecular weight is 304 g/mol. The lowest BCUT2D eigenvalue weighted by Crippen LogP contribution is -2.51. The zero-order valence-electron chi connectivity index (χ0n) is 10.8. The first kappa shape index (κ1) is 16.3. The molecule has 0 saturated carbocycles. The standard InChI is InChI=1S/C12H14FN3O3.ClH/c1-8-7-15(3-2-14-8)12(17)9-4-10(13)6-11(5-9)16(18)19;/h4-6,8,14H,2-3,7H2,1H3;1H/t8-;/m1./s1. The van der Waals surface area contributed by atoms with Crippen LogP contribution in [-0.4, -0.2) is 41.4 Å². The Balaban J connectivity index is 0.00000200. The zero-order chi connectivity index (χ0) is 14.0. The topological polar surface area (TPSA) is 75.5 Å². The summed E-state index contributed by atoms with van der Waals surface area (Å²) in [5, 5.41) is 13.8. The summed E-state index contributed by atoms with van der Waals surface area (Å²) < 4.78 is 13.3. The minimum Gasteiger partial charge on any atom is -0.336 e. The highest BCUT2D eigenvalue weighted by molar-refractivity contribution is 5.95. The van der Waals surface area contributed by atoms with Gasteiger partial charge in [0, 0.05) is 37.3 Å². The van der Waals surface area contributed by atoms with Crippen LogP contribution >= 0.6 is 12.4 Å². The fourth-order valence-corrected chi connectivity index (χ4v) is 2.10. The summed E-state index contributed by atoms with van der Waals surface area (Å²) in [5.41, 5.74) is -0.396. The number of halogens is 2. The fraction of sp³-hybridized carbons (Fsp3) is 0.417. The molecule has 1 N–H and O–H groups in total. The Morgan fingerprint density at radius 2 is 2.20 bits per heavy atom. The molecule has 1 saturated heterocycles. The molecule has 1 heterocycles. The molecule has 2 rings (SSSR count). The second-order valence-electron chi connectivity index (χ2n) is 4.56. The number of nitro benzene ring substituents is 1. The molecule has 0 spiro atoms. The van der Waals surface area contributed by atoms with Gasteiger partial charge in [0.2, 0.25) is 0 Å². The first-order valence-corrected chi connectivity index (χ1v) is 5.95. The molecular weight excluding hydrogens is 289 g/mol. The van der Waals surface area contributed by atoms with E-state index in [0.29, 0.717) is 19.6 Å². The van der Waals surface area contributed by atoms with E-state index in [9.17, 15) is 19.3 Å². The number of nitrogens with zero attached hydrogens (tertiary/aromatic N) is 2. The molecule has 0 aliphatic carbocycles. The van der Waals surface area contributed by atoms with E-state index in [1.165, 1.54) is 0 Å². The third-order valence-corrected chi connectivity index (χ3v) is 3.00. The fourth-order valence-electron chi connectivity index (χ4n) is 2.10. The molecule has 0 radical (unpaired) electrons. The lowest BCUT2D eigenvalue weighted by atomic mass is 10.1. The Kier molecular flexibility index (Phi) is 5.41. The predicted molar refractivity (Wildman–Crippen MR) is 73.7 cm³/mol. The normalized spacial score (nSPS) is 18.3. The van der Waals surface area contributed by atoms with Gasteiger partial charge in [0.05, 0.1) is 11.0 Å². The van der Waals surface area contributed by atoms with Gasteiger partial charge in [0.25, 0.3) is 11.6 Å². The molecule has 0 aromatic heterocycles. The van der Waals surface area contributed by atoms with E-state index in [4.69, 9.17) is 0 Å². The van der Waals surface area contributed by atoms with Gasteiger partial charge in [-0.1, -0.05) is 0 Å². The van der Waals surface area contributed by atoms with Crippen LogP contribution in [0.5, 0.6) is 0 Å². The number of carbonyl (C=O) groups is 1. The summed E-state index contributed by atoms with van der Waals surface area (Å²) in [6.45, 7) is 3.61. The summed E-state index contributed by atoms with van der Waals surface area (Å²) in [5.74, 6) is -1.16. The van der Waals surface area contributed by atoms with Gasteiger partial charge in [-0.3, -0.25) is 14.9 Å². The third-order valence-electron chi connectivity index (χ3n) is 3.00. The molecule has 1 atom stereocenters. The number of nitro groups is 1. The van der Waals surface area contributed by atoms with Crippen molar-refractivity contribution in [1.82, 2.24) is 10.2 Å². The van der Waals surface area contributed by atoms with Crippen LogP contribution in [-0.2, 0) is 0 Å². The largest absolute Gasteiger partial charge is 0.336 e. The van der Waals surface area contributed by atoms with Crippen LogP contribution in [0.4, 0.5) is 10.1 Å². The SMILES string of the molecule is C[C@@H]1CN(C(=O)c2cc(F)cc([N+](=O)[O-])c2)CCN1.Cl. The van der Waals surface area contributed by atoms with Crippen molar-refractivity contribution in [2.24, 2.45) is 0 Å². The quantitative estimate of drug-likeness (QED) is 0.665.